The fourth-order valence-electron chi connectivity index (χ4n) is 2.64. The van der Waals surface area contributed by atoms with Gasteiger partial charge in [0, 0.05) is 31.1 Å². The third-order valence-electron chi connectivity index (χ3n) is 3.73. The molecule has 1 aliphatic rings. The van der Waals surface area contributed by atoms with Gasteiger partial charge in [0.25, 0.3) is 0 Å². The van der Waals surface area contributed by atoms with Crippen LogP contribution in [0.1, 0.15) is 18.7 Å². The molecule has 0 spiro atoms. The van der Waals surface area contributed by atoms with Crippen LogP contribution >= 0.6 is 0 Å². The monoisotopic (exact) mass is 287 g/mol. The highest BCUT2D eigenvalue weighted by Gasteiger charge is 2.27. The van der Waals surface area contributed by atoms with E-state index in [-0.39, 0.29) is 5.91 Å². The van der Waals surface area contributed by atoms with Crippen molar-refractivity contribution in [2.24, 2.45) is 5.92 Å². The molecule has 7 heteroatoms. The molecule has 1 amide bonds. The van der Waals surface area contributed by atoms with Gasteiger partial charge in [-0.15, -0.1) is 10.2 Å². The molecule has 110 valence electrons. The summed E-state index contributed by atoms with van der Waals surface area (Å²) in [5.41, 5.74) is 0.872. The van der Waals surface area contributed by atoms with Crippen molar-refractivity contribution in [2.75, 3.05) is 18.6 Å². The molecule has 0 saturated carbocycles. The number of tetrazole rings is 1. The van der Waals surface area contributed by atoms with Crippen LogP contribution in [-0.2, 0) is 11.2 Å². The van der Waals surface area contributed by atoms with Crippen LogP contribution in [0, 0.1) is 5.92 Å². The SMILES string of the molecule is COc1cccc(N2C[C@H](Cc3nn[nH]n3)CCC2=O)c1. The maximum absolute atomic E-state index is 12.2. The van der Waals surface area contributed by atoms with Gasteiger partial charge < -0.3 is 9.64 Å². The maximum atomic E-state index is 12.2. The lowest BCUT2D eigenvalue weighted by Crippen LogP contribution is -2.40. The van der Waals surface area contributed by atoms with Gasteiger partial charge in [0.05, 0.1) is 7.11 Å². The van der Waals surface area contributed by atoms with Crippen LogP contribution in [0.2, 0.25) is 0 Å². The average molecular weight is 287 g/mol. The van der Waals surface area contributed by atoms with E-state index in [2.05, 4.69) is 20.6 Å². The molecule has 0 radical (unpaired) electrons. The van der Waals surface area contributed by atoms with Crippen LogP contribution in [-0.4, -0.2) is 40.2 Å². The number of anilines is 1. The number of aromatic nitrogens is 4. The minimum absolute atomic E-state index is 0.146. The third-order valence-corrected chi connectivity index (χ3v) is 3.73. The number of methoxy groups -OCH3 is 1. The van der Waals surface area contributed by atoms with E-state index in [0.29, 0.717) is 24.7 Å². The molecule has 3 rings (SSSR count). The van der Waals surface area contributed by atoms with Gasteiger partial charge in [-0.05, 0) is 24.5 Å². The zero-order valence-electron chi connectivity index (χ0n) is 11.8. The second kappa shape index (κ2) is 5.90. The Bertz CT molecular complexity index is 614. The lowest BCUT2D eigenvalue weighted by Gasteiger charge is -2.32. The lowest BCUT2D eigenvalue weighted by molar-refractivity contribution is -0.120. The first kappa shape index (κ1) is 13.5. The fourth-order valence-corrected chi connectivity index (χ4v) is 2.64. The van der Waals surface area contributed by atoms with Crippen molar-refractivity contribution in [1.29, 1.82) is 0 Å². The second-order valence-corrected chi connectivity index (χ2v) is 5.14. The molecule has 1 aliphatic heterocycles. The number of piperidine rings is 1. The quantitative estimate of drug-likeness (QED) is 0.913. The van der Waals surface area contributed by atoms with E-state index in [4.69, 9.17) is 4.74 Å². The molecule has 1 saturated heterocycles. The Morgan fingerprint density at radius 2 is 2.38 bits per heavy atom. The number of benzene rings is 1. The van der Waals surface area contributed by atoms with Crippen molar-refractivity contribution >= 4 is 11.6 Å². The molecule has 0 aliphatic carbocycles. The van der Waals surface area contributed by atoms with Crippen LogP contribution in [0.25, 0.3) is 0 Å². The van der Waals surface area contributed by atoms with Crippen molar-refractivity contribution in [1.82, 2.24) is 20.6 Å². The molecular formula is C14H17N5O2. The molecular weight excluding hydrogens is 270 g/mol. The van der Waals surface area contributed by atoms with E-state index in [0.717, 1.165) is 24.3 Å². The van der Waals surface area contributed by atoms with E-state index in [1.165, 1.54) is 0 Å². The number of nitrogens with one attached hydrogen (secondary N) is 1. The number of carbonyl (C=O) groups excluding carboxylic acids is 1. The number of carbonyl (C=O) groups is 1. The summed E-state index contributed by atoms with van der Waals surface area (Å²) in [6, 6.07) is 7.57. The summed E-state index contributed by atoms with van der Waals surface area (Å²) in [5, 5.41) is 14.0. The first-order valence-electron chi connectivity index (χ1n) is 6.93. The summed E-state index contributed by atoms with van der Waals surface area (Å²) in [4.78, 5) is 14.0. The van der Waals surface area contributed by atoms with Crippen LogP contribution in [0.15, 0.2) is 24.3 Å². The van der Waals surface area contributed by atoms with Crippen molar-refractivity contribution in [3.05, 3.63) is 30.1 Å². The highest BCUT2D eigenvalue weighted by atomic mass is 16.5. The molecule has 2 heterocycles. The zero-order chi connectivity index (χ0) is 14.7. The molecule has 1 aromatic carbocycles. The number of hydrogen-bond donors (Lipinski definition) is 1. The number of aromatic amines is 1. The smallest absolute Gasteiger partial charge is 0.226 e. The third kappa shape index (κ3) is 3.01. The topological polar surface area (TPSA) is 84.0 Å². The van der Waals surface area contributed by atoms with Gasteiger partial charge in [-0.2, -0.15) is 5.21 Å². The number of hydrogen-bond acceptors (Lipinski definition) is 5. The zero-order valence-corrected chi connectivity index (χ0v) is 11.8. The van der Waals surface area contributed by atoms with Gasteiger partial charge in [0.15, 0.2) is 5.82 Å². The van der Waals surface area contributed by atoms with Gasteiger partial charge in [-0.25, -0.2) is 0 Å². The first-order valence-corrected chi connectivity index (χ1v) is 6.93. The highest BCUT2D eigenvalue weighted by Crippen LogP contribution is 2.28. The van der Waals surface area contributed by atoms with E-state index < -0.39 is 0 Å². The van der Waals surface area contributed by atoms with Gasteiger partial charge in [-0.1, -0.05) is 11.3 Å². The number of H-pyrrole nitrogens is 1. The van der Waals surface area contributed by atoms with Gasteiger partial charge >= 0.3 is 0 Å². The highest BCUT2D eigenvalue weighted by molar-refractivity contribution is 5.94. The Labute approximate surface area is 122 Å². The van der Waals surface area contributed by atoms with Gasteiger partial charge in [0.2, 0.25) is 5.91 Å². The lowest BCUT2D eigenvalue weighted by atomic mass is 9.93. The second-order valence-electron chi connectivity index (χ2n) is 5.14. The van der Waals surface area contributed by atoms with Crippen LogP contribution < -0.4 is 9.64 Å². The Morgan fingerprint density at radius 1 is 1.48 bits per heavy atom. The molecule has 1 atom stereocenters. The summed E-state index contributed by atoms with van der Waals surface area (Å²) in [7, 11) is 1.62. The summed E-state index contributed by atoms with van der Waals surface area (Å²) in [5.74, 6) is 1.93. The molecule has 1 N–H and O–H groups in total. The summed E-state index contributed by atoms with van der Waals surface area (Å²) in [6.45, 7) is 0.667. The van der Waals surface area contributed by atoms with Gasteiger partial charge in [0.1, 0.15) is 5.75 Å². The molecule has 2 aromatic rings. The predicted octanol–water partition coefficient (Wildman–Crippen LogP) is 1.19. The Balaban J connectivity index is 1.75. The van der Waals surface area contributed by atoms with E-state index >= 15 is 0 Å². The largest absolute Gasteiger partial charge is 0.497 e. The van der Waals surface area contributed by atoms with Crippen molar-refractivity contribution in [3.63, 3.8) is 0 Å². The molecule has 0 bridgehead atoms. The number of amides is 1. The van der Waals surface area contributed by atoms with Crippen LogP contribution in [0.3, 0.4) is 0 Å². The average Bonchev–Trinajstić information content (AvgIpc) is 3.02. The Morgan fingerprint density at radius 3 is 3.14 bits per heavy atom. The van der Waals surface area contributed by atoms with Crippen LogP contribution in [0.4, 0.5) is 5.69 Å². The first-order chi connectivity index (χ1) is 10.3. The Kier molecular flexibility index (Phi) is 3.81. The van der Waals surface area contributed by atoms with Crippen molar-refractivity contribution in [2.45, 2.75) is 19.3 Å². The van der Waals surface area contributed by atoms with Crippen molar-refractivity contribution < 1.29 is 9.53 Å². The van der Waals surface area contributed by atoms with Gasteiger partial charge in [-0.3, -0.25) is 4.79 Å². The molecule has 7 nitrogen and oxygen atoms in total. The summed E-state index contributed by atoms with van der Waals surface area (Å²) >= 11 is 0. The fraction of sp³-hybridized carbons (Fsp3) is 0.429. The van der Waals surface area contributed by atoms with Crippen LogP contribution in [0.5, 0.6) is 5.75 Å². The minimum atomic E-state index is 0.146. The number of rotatable bonds is 4. The number of ether oxygens (including phenoxy) is 1. The van der Waals surface area contributed by atoms with Crippen molar-refractivity contribution in [3.8, 4) is 5.75 Å². The summed E-state index contributed by atoms with van der Waals surface area (Å²) < 4.78 is 5.22. The number of nitrogens with zero attached hydrogens (tertiary/aromatic N) is 4. The normalized spacial score (nSPS) is 18.8. The van der Waals surface area contributed by atoms with E-state index in [1.807, 2.05) is 29.2 Å². The molecule has 0 unspecified atom stereocenters. The maximum Gasteiger partial charge on any atom is 0.226 e. The van der Waals surface area contributed by atoms with E-state index in [1.54, 1.807) is 7.11 Å². The standard InChI is InChI=1S/C14H17N5O2/c1-21-12-4-2-3-11(8-12)19-9-10(5-6-14(19)20)7-13-15-17-18-16-13/h2-4,8,10H,5-7,9H2,1H3,(H,15,16,17,18)/t10-/m0/s1. The Hall–Kier alpha value is -2.44. The molecule has 1 fully saturated rings. The minimum Gasteiger partial charge on any atom is -0.497 e. The summed E-state index contributed by atoms with van der Waals surface area (Å²) in [6.07, 6.45) is 2.12. The molecule has 1 aromatic heterocycles. The molecule has 21 heavy (non-hydrogen) atoms. The van der Waals surface area contributed by atoms with E-state index in [9.17, 15) is 4.79 Å². The predicted molar refractivity (Wildman–Crippen MR) is 76.0 cm³/mol.